The van der Waals surface area contributed by atoms with Crippen molar-refractivity contribution in [3.8, 4) is 11.8 Å². The summed E-state index contributed by atoms with van der Waals surface area (Å²) < 4.78 is 5.69. The maximum atomic E-state index is 11.3. The Morgan fingerprint density at radius 1 is 1.29 bits per heavy atom. The number of hydrogen-bond donors (Lipinski definition) is 0. The minimum Gasteiger partial charge on any atom is -0.487 e. The van der Waals surface area contributed by atoms with Crippen LogP contribution in [0, 0.1) is 18.3 Å². The monoisotopic (exact) mass is 299 g/mol. The molecule has 0 saturated heterocycles. The highest BCUT2D eigenvalue weighted by Crippen LogP contribution is 2.27. The molecule has 0 aromatic heterocycles. The number of Topliss-reactive ketones (excluding diaryl/α,β-unsaturated/α-hetero) is 1. The predicted molar refractivity (Wildman–Crippen MR) is 81.7 cm³/mol. The minimum atomic E-state index is -0.0358. The van der Waals surface area contributed by atoms with Crippen molar-refractivity contribution in [2.45, 2.75) is 20.5 Å². The first kappa shape index (κ1) is 15.1. The van der Waals surface area contributed by atoms with Gasteiger partial charge in [0.25, 0.3) is 0 Å². The van der Waals surface area contributed by atoms with Crippen molar-refractivity contribution in [1.82, 2.24) is 0 Å². The van der Waals surface area contributed by atoms with E-state index in [9.17, 15) is 4.79 Å². The van der Waals surface area contributed by atoms with Crippen molar-refractivity contribution < 1.29 is 9.53 Å². The van der Waals surface area contributed by atoms with Crippen LogP contribution in [0.5, 0.6) is 5.75 Å². The number of carbonyl (C=O) groups excluding carboxylic acids is 1. The third-order valence-electron chi connectivity index (χ3n) is 3.19. The minimum absolute atomic E-state index is 0.0358. The molecular weight excluding hydrogens is 286 g/mol. The summed E-state index contributed by atoms with van der Waals surface area (Å²) in [6.45, 7) is 3.78. The summed E-state index contributed by atoms with van der Waals surface area (Å²) in [7, 11) is 0. The number of carbonyl (C=O) groups is 1. The number of halogens is 1. The van der Waals surface area contributed by atoms with Crippen molar-refractivity contribution in [1.29, 1.82) is 5.26 Å². The first-order valence-electron chi connectivity index (χ1n) is 6.44. The highest BCUT2D eigenvalue weighted by molar-refractivity contribution is 6.32. The predicted octanol–water partition coefficient (Wildman–Crippen LogP) is 4.30. The average Bonchev–Trinajstić information content (AvgIpc) is 2.46. The zero-order chi connectivity index (χ0) is 15.4. The number of aryl methyl sites for hydroxylation is 1. The van der Waals surface area contributed by atoms with Crippen LogP contribution in [-0.4, -0.2) is 5.78 Å². The summed E-state index contributed by atoms with van der Waals surface area (Å²) in [5, 5.41) is 9.25. The zero-order valence-corrected chi connectivity index (χ0v) is 12.6. The Bertz CT molecular complexity index is 732. The van der Waals surface area contributed by atoms with Crippen LogP contribution in [-0.2, 0) is 6.61 Å². The van der Waals surface area contributed by atoms with Crippen molar-refractivity contribution >= 4 is 17.4 Å². The Balaban J connectivity index is 2.13. The number of ketones is 1. The van der Waals surface area contributed by atoms with Crippen LogP contribution in [0.1, 0.15) is 34.0 Å². The molecule has 3 nitrogen and oxygen atoms in total. The van der Waals surface area contributed by atoms with E-state index in [1.165, 1.54) is 6.92 Å². The summed E-state index contributed by atoms with van der Waals surface area (Å²) in [5.74, 6) is 0.497. The molecule has 21 heavy (non-hydrogen) atoms. The van der Waals surface area contributed by atoms with Gasteiger partial charge in [-0.25, -0.2) is 0 Å². The van der Waals surface area contributed by atoms with Crippen molar-refractivity contribution in [3.05, 3.63) is 63.7 Å². The van der Waals surface area contributed by atoms with Gasteiger partial charge in [-0.2, -0.15) is 5.26 Å². The second-order valence-corrected chi connectivity index (χ2v) is 5.15. The van der Waals surface area contributed by atoms with Crippen molar-refractivity contribution in [2.24, 2.45) is 0 Å². The number of nitrogens with zero attached hydrogens (tertiary/aromatic N) is 1. The van der Waals surface area contributed by atoms with Crippen LogP contribution in [0.4, 0.5) is 0 Å². The van der Waals surface area contributed by atoms with Gasteiger partial charge in [0.05, 0.1) is 16.7 Å². The largest absolute Gasteiger partial charge is 0.487 e. The Labute approximate surface area is 128 Å². The molecule has 0 bridgehead atoms. The first-order chi connectivity index (χ1) is 10.0. The standard InChI is InChI=1S/C17H14ClNO2/c1-11-7-13(9-19)3-4-15(11)10-21-17-6-5-14(12(2)20)8-16(17)18/h3-8H,10H2,1-2H3. The molecule has 2 aromatic carbocycles. The summed E-state index contributed by atoms with van der Waals surface area (Å²) in [6.07, 6.45) is 0. The highest BCUT2D eigenvalue weighted by Gasteiger charge is 2.07. The molecule has 106 valence electrons. The van der Waals surface area contributed by atoms with Gasteiger partial charge in [0, 0.05) is 5.56 Å². The molecule has 0 amide bonds. The fourth-order valence-electron chi connectivity index (χ4n) is 1.92. The molecule has 0 unspecified atom stereocenters. The van der Waals surface area contributed by atoms with E-state index in [2.05, 4.69) is 6.07 Å². The van der Waals surface area contributed by atoms with E-state index < -0.39 is 0 Å². The molecule has 0 radical (unpaired) electrons. The lowest BCUT2D eigenvalue weighted by Crippen LogP contribution is -2.00. The van der Waals surface area contributed by atoms with Crippen LogP contribution < -0.4 is 4.74 Å². The van der Waals surface area contributed by atoms with Gasteiger partial charge in [0.2, 0.25) is 0 Å². The lowest BCUT2D eigenvalue weighted by atomic mass is 10.1. The van der Waals surface area contributed by atoms with Crippen LogP contribution in [0.2, 0.25) is 5.02 Å². The molecular formula is C17H14ClNO2. The number of ether oxygens (including phenoxy) is 1. The second kappa shape index (κ2) is 6.43. The van der Waals surface area contributed by atoms with Gasteiger partial charge < -0.3 is 4.74 Å². The third-order valence-corrected chi connectivity index (χ3v) is 3.49. The highest BCUT2D eigenvalue weighted by atomic mass is 35.5. The lowest BCUT2D eigenvalue weighted by molar-refractivity contribution is 0.101. The molecule has 0 atom stereocenters. The molecule has 0 spiro atoms. The fourth-order valence-corrected chi connectivity index (χ4v) is 2.15. The maximum absolute atomic E-state index is 11.3. The summed E-state index contributed by atoms with van der Waals surface area (Å²) in [5.41, 5.74) is 3.16. The average molecular weight is 300 g/mol. The van der Waals surface area contributed by atoms with Gasteiger partial charge in [0.15, 0.2) is 5.78 Å². The molecule has 0 aliphatic carbocycles. The Morgan fingerprint density at radius 2 is 2.05 bits per heavy atom. The van der Waals surface area contributed by atoms with Gasteiger partial charge in [-0.05, 0) is 55.3 Å². The molecule has 0 aliphatic heterocycles. The van der Waals surface area contributed by atoms with Gasteiger partial charge in [-0.3, -0.25) is 4.79 Å². The van der Waals surface area contributed by atoms with E-state index in [4.69, 9.17) is 21.6 Å². The molecule has 0 fully saturated rings. The van der Waals surface area contributed by atoms with Crippen LogP contribution in [0.3, 0.4) is 0 Å². The van der Waals surface area contributed by atoms with Gasteiger partial charge in [-0.15, -0.1) is 0 Å². The topological polar surface area (TPSA) is 50.1 Å². The zero-order valence-electron chi connectivity index (χ0n) is 11.8. The van der Waals surface area contributed by atoms with E-state index in [1.807, 2.05) is 19.1 Å². The normalized spacial score (nSPS) is 10.0. The van der Waals surface area contributed by atoms with Crippen molar-refractivity contribution in [3.63, 3.8) is 0 Å². The number of hydrogen-bond acceptors (Lipinski definition) is 3. The summed E-state index contributed by atoms with van der Waals surface area (Å²) in [6, 6.07) is 12.5. The Kier molecular flexibility index (Phi) is 4.62. The van der Waals surface area contributed by atoms with E-state index >= 15 is 0 Å². The number of nitriles is 1. The molecule has 0 heterocycles. The van der Waals surface area contributed by atoms with Crippen LogP contribution in [0.15, 0.2) is 36.4 Å². The van der Waals surface area contributed by atoms with Gasteiger partial charge in [-0.1, -0.05) is 17.7 Å². The molecule has 0 N–H and O–H groups in total. The molecule has 0 saturated carbocycles. The van der Waals surface area contributed by atoms with Gasteiger partial charge in [0.1, 0.15) is 12.4 Å². The van der Waals surface area contributed by atoms with Crippen LogP contribution in [0.25, 0.3) is 0 Å². The van der Waals surface area contributed by atoms with E-state index in [1.54, 1.807) is 24.3 Å². The van der Waals surface area contributed by atoms with Gasteiger partial charge >= 0.3 is 0 Å². The van der Waals surface area contributed by atoms with E-state index in [-0.39, 0.29) is 5.78 Å². The van der Waals surface area contributed by atoms with Crippen molar-refractivity contribution in [2.75, 3.05) is 0 Å². The quantitative estimate of drug-likeness (QED) is 0.791. The maximum Gasteiger partial charge on any atom is 0.159 e. The molecule has 0 aliphatic rings. The molecule has 2 rings (SSSR count). The Morgan fingerprint density at radius 3 is 2.62 bits per heavy atom. The molecule has 4 heteroatoms. The third kappa shape index (κ3) is 3.62. The molecule has 2 aromatic rings. The van der Waals surface area contributed by atoms with E-state index in [0.29, 0.717) is 28.5 Å². The number of rotatable bonds is 4. The SMILES string of the molecule is CC(=O)c1ccc(OCc2ccc(C#N)cc2C)c(Cl)c1. The lowest BCUT2D eigenvalue weighted by Gasteiger charge is -2.11. The number of benzene rings is 2. The van der Waals surface area contributed by atoms with E-state index in [0.717, 1.165) is 11.1 Å². The summed E-state index contributed by atoms with van der Waals surface area (Å²) >= 11 is 6.11. The summed E-state index contributed by atoms with van der Waals surface area (Å²) in [4.78, 5) is 11.3. The second-order valence-electron chi connectivity index (χ2n) is 4.74. The smallest absolute Gasteiger partial charge is 0.159 e. The van der Waals surface area contributed by atoms with Crippen LogP contribution >= 0.6 is 11.6 Å². The fraction of sp³-hybridized carbons (Fsp3) is 0.176. The Hall–Kier alpha value is -2.31. The first-order valence-corrected chi connectivity index (χ1v) is 6.82.